The molecule has 0 bridgehead atoms. The minimum absolute atomic E-state index is 0.0315. The van der Waals surface area contributed by atoms with Crippen molar-refractivity contribution in [2.75, 3.05) is 6.61 Å². The van der Waals surface area contributed by atoms with Crippen molar-refractivity contribution in [3.8, 4) is 0 Å². The molecule has 0 aliphatic heterocycles. The normalized spacial score (nSPS) is 10.6. The minimum Gasteiger partial charge on any atom is -0.466 e. The number of aromatic amines is 1. The van der Waals surface area contributed by atoms with Crippen molar-refractivity contribution in [3.05, 3.63) is 38.7 Å². The van der Waals surface area contributed by atoms with E-state index in [0.717, 1.165) is 4.47 Å². The van der Waals surface area contributed by atoms with Crippen LogP contribution in [-0.4, -0.2) is 22.8 Å². The molecule has 1 aromatic heterocycles. The van der Waals surface area contributed by atoms with Crippen molar-refractivity contribution in [1.82, 2.24) is 10.2 Å². The average molecular weight is 311 g/mol. The average Bonchev–Trinajstić information content (AvgIpc) is 2.33. The maximum Gasteiger partial charge on any atom is 0.311 e. The van der Waals surface area contributed by atoms with Crippen molar-refractivity contribution in [2.45, 2.75) is 13.3 Å². The van der Waals surface area contributed by atoms with Crippen LogP contribution in [0.2, 0.25) is 0 Å². The second-order valence-corrected chi connectivity index (χ2v) is 4.50. The van der Waals surface area contributed by atoms with E-state index in [1.807, 2.05) is 0 Å². The van der Waals surface area contributed by atoms with Crippen molar-refractivity contribution in [3.63, 3.8) is 0 Å². The molecule has 0 atom stereocenters. The zero-order valence-electron chi connectivity index (χ0n) is 9.70. The van der Waals surface area contributed by atoms with Crippen LogP contribution in [0.1, 0.15) is 12.6 Å². The van der Waals surface area contributed by atoms with E-state index in [4.69, 9.17) is 4.74 Å². The number of H-pyrrole nitrogens is 1. The van der Waals surface area contributed by atoms with Gasteiger partial charge in [0, 0.05) is 9.86 Å². The number of hydrogen-bond donors (Lipinski definition) is 1. The van der Waals surface area contributed by atoms with Gasteiger partial charge < -0.3 is 4.74 Å². The summed E-state index contributed by atoms with van der Waals surface area (Å²) in [6.45, 7) is 2.06. The Kier molecular flexibility index (Phi) is 3.76. The number of fused-ring (bicyclic) bond motifs is 1. The maximum atomic E-state index is 11.6. The highest BCUT2D eigenvalue weighted by atomic mass is 79.9. The maximum absolute atomic E-state index is 11.6. The molecule has 0 aliphatic carbocycles. The Morgan fingerprint density at radius 2 is 2.28 bits per heavy atom. The van der Waals surface area contributed by atoms with Gasteiger partial charge in [-0.1, -0.05) is 22.0 Å². The number of rotatable bonds is 3. The van der Waals surface area contributed by atoms with Gasteiger partial charge in [0.1, 0.15) is 0 Å². The Labute approximate surface area is 111 Å². The number of esters is 1. The highest BCUT2D eigenvalue weighted by Crippen LogP contribution is 2.23. The summed E-state index contributed by atoms with van der Waals surface area (Å²) in [4.78, 5) is 23.1. The Bertz CT molecular complexity index is 651. The van der Waals surface area contributed by atoms with Gasteiger partial charge in [0.2, 0.25) is 0 Å². The number of nitrogens with zero attached hydrogens (tertiary/aromatic N) is 1. The SMILES string of the molecule is CCOC(=O)Cc1n[nH]c(=O)c2cccc(Br)c12. The van der Waals surface area contributed by atoms with Gasteiger partial charge in [-0.05, 0) is 19.1 Å². The highest BCUT2D eigenvalue weighted by molar-refractivity contribution is 9.10. The third-order valence-electron chi connectivity index (χ3n) is 2.46. The van der Waals surface area contributed by atoms with Crippen molar-refractivity contribution >= 4 is 32.7 Å². The summed E-state index contributed by atoms with van der Waals surface area (Å²) in [7, 11) is 0. The molecule has 1 N–H and O–H groups in total. The molecule has 1 aromatic carbocycles. The Balaban J connectivity index is 2.55. The quantitative estimate of drug-likeness (QED) is 0.877. The first kappa shape index (κ1) is 12.8. The fourth-order valence-electron chi connectivity index (χ4n) is 1.72. The Morgan fingerprint density at radius 3 is 3.00 bits per heavy atom. The van der Waals surface area contributed by atoms with E-state index in [0.29, 0.717) is 23.1 Å². The van der Waals surface area contributed by atoms with Crippen LogP contribution in [0.25, 0.3) is 10.8 Å². The van der Waals surface area contributed by atoms with Crippen LogP contribution in [0.3, 0.4) is 0 Å². The first-order valence-corrected chi connectivity index (χ1v) is 6.24. The number of ether oxygens (including phenoxy) is 1. The topological polar surface area (TPSA) is 72.0 Å². The smallest absolute Gasteiger partial charge is 0.311 e. The lowest BCUT2D eigenvalue weighted by Gasteiger charge is -2.06. The molecule has 0 unspecified atom stereocenters. The zero-order chi connectivity index (χ0) is 13.1. The lowest BCUT2D eigenvalue weighted by molar-refractivity contribution is -0.142. The fraction of sp³-hybridized carbons (Fsp3) is 0.250. The van der Waals surface area contributed by atoms with E-state index < -0.39 is 0 Å². The van der Waals surface area contributed by atoms with E-state index in [2.05, 4.69) is 26.1 Å². The predicted octanol–water partition coefficient (Wildman–Crippen LogP) is 1.79. The molecule has 0 fully saturated rings. The van der Waals surface area contributed by atoms with Crippen LogP contribution in [-0.2, 0) is 16.0 Å². The number of carbonyl (C=O) groups is 1. The van der Waals surface area contributed by atoms with E-state index in [9.17, 15) is 9.59 Å². The molecule has 0 saturated carbocycles. The first-order chi connectivity index (χ1) is 8.63. The number of carbonyl (C=O) groups excluding carboxylic acids is 1. The summed E-state index contributed by atoms with van der Waals surface area (Å²) in [6.07, 6.45) is 0.0315. The molecule has 2 aromatic rings. The summed E-state index contributed by atoms with van der Waals surface area (Å²) in [5, 5.41) is 7.45. The van der Waals surface area contributed by atoms with Gasteiger partial charge in [-0.15, -0.1) is 0 Å². The van der Waals surface area contributed by atoms with Gasteiger partial charge in [-0.25, -0.2) is 5.10 Å². The van der Waals surface area contributed by atoms with Crippen LogP contribution in [0.4, 0.5) is 0 Å². The number of benzene rings is 1. The van der Waals surface area contributed by atoms with Crippen molar-refractivity contribution in [1.29, 1.82) is 0 Å². The molecular formula is C12H11BrN2O3. The first-order valence-electron chi connectivity index (χ1n) is 5.45. The Hall–Kier alpha value is -1.69. The van der Waals surface area contributed by atoms with Crippen molar-refractivity contribution < 1.29 is 9.53 Å². The minimum atomic E-state index is -0.367. The third kappa shape index (κ3) is 2.43. The zero-order valence-corrected chi connectivity index (χ0v) is 11.3. The number of nitrogens with one attached hydrogen (secondary N) is 1. The van der Waals surface area contributed by atoms with Gasteiger partial charge in [-0.2, -0.15) is 5.10 Å². The lowest BCUT2D eigenvalue weighted by atomic mass is 10.1. The van der Waals surface area contributed by atoms with Crippen molar-refractivity contribution in [2.24, 2.45) is 0 Å². The molecule has 0 spiro atoms. The molecule has 0 saturated heterocycles. The number of hydrogen-bond acceptors (Lipinski definition) is 4. The molecule has 6 heteroatoms. The van der Waals surface area contributed by atoms with Crippen LogP contribution in [0, 0.1) is 0 Å². The molecule has 0 aliphatic rings. The Morgan fingerprint density at radius 1 is 1.50 bits per heavy atom. The monoisotopic (exact) mass is 310 g/mol. The molecule has 0 radical (unpaired) electrons. The van der Waals surface area contributed by atoms with Crippen LogP contribution >= 0.6 is 15.9 Å². The van der Waals surface area contributed by atoms with Gasteiger partial charge >= 0.3 is 5.97 Å². The van der Waals surface area contributed by atoms with Crippen LogP contribution < -0.4 is 5.56 Å². The molecule has 5 nitrogen and oxygen atoms in total. The summed E-state index contributed by atoms with van der Waals surface area (Å²) in [6, 6.07) is 5.25. The fourth-order valence-corrected chi connectivity index (χ4v) is 2.31. The summed E-state index contributed by atoms with van der Waals surface area (Å²) < 4.78 is 5.61. The molecule has 18 heavy (non-hydrogen) atoms. The molecule has 94 valence electrons. The second-order valence-electron chi connectivity index (χ2n) is 3.64. The van der Waals surface area contributed by atoms with E-state index in [1.54, 1.807) is 25.1 Å². The molecule has 1 heterocycles. The summed E-state index contributed by atoms with van der Waals surface area (Å²) >= 11 is 3.37. The lowest BCUT2D eigenvalue weighted by Crippen LogP contribution is -2.15. The van der Waals surface area contributed by atoms with Crippen LogP contribution in [0.15, 0.2) is 27.5 Å². The van der Waals surface area contributed by atoms with Gasteiger partial charge in [0.25, 0.3) is 5.56 Å². The molecular weight excluding hydrogens is 300 g/mol. The van der Waals surface area contributed by atoms with E-state index in [-0.39, 0.29) is 17.9 Å². The predicted molar refractivity (Wildman–Crippen MR) is 70.4 cm³/mol. The molecule has 2 rings (SSSR count). The highest BCUT2D eigenvalue weighted by Gasteiger charge is 2.13. The van der Waals surface area contributed by atoms with Gasteiger partial charge in [0.15, 0.2) is 0 Å². The van der Waals surface area contributed by atoms with E-state index >= 15 is 0 Å². The van der Waals surface area contributed by atoms with Crippen LogP contribution in [0.5, 0.6) is 0 Å². The number of halogens is 1. The van der Waals surface area contributed by atoms with Gasteiger partial charge in [0.05, 0.1) is 24.1 Å². The second kappa shape index (κ2) is 5.30. The summed E-state index contributed by atoms with van der Waals surface area (Å²) in [5.74, 6) is -0.367. The third-order valence-corrected chi connectivity index (χ3v) is 3.12. The van der Waals surface area contributed by atoms with Gasteiger partial charge in [-0.3, -0.25) is 9.59 Å². The molecule has 0 amide bonds. The standard InChI is InChI=1S/C12H11BrN2O3/c1-2-18-10(16)6-9-11-7(12(17)15-14-9)4-3-5-8(11)13/h3-5H,2,6H2,1H3,(H,15,17). The van der Waals surface area contributed by atoms with E-state index in [1.165, 1.54) is 0 Å². The largest absolute Gasteiger partial charge is 0.466 e. The number of aromatic nitrogens is 2. The summed E-state index contributed by atoms with van der Waals surface area (Å²) in [5.41, 5.74) is 0.217.